The molecule has 2 atom stereocenters. The van der Waals surface area contributed by atoms with Crippen molar-refractivity contribution in [3.05, 3.63) is 0 Å². The third-order valence-corrected chi connectivity index (χ3v) is 12.4. The predicted molar refractivity (Wildman–Crippen MR) is 246 cm³/mol. The Morgan fingerprint density at radius 1 is 0.421 bits per heavy atom. The van der Waals surface area contributed by atoms with Crippen LogP contribution < -0.4 is 0 Å². The molecule has 0 rings (SSSR count). The molecule has 57 heavy (non-hydrogen) atoms. The van der Waals surface area contributed by atoms with Crippen molar-refractivity contribution in [2.45, 2.75) is 272 Å². The van der Waals surface area contributed by atoms with E-state index in [0.717, 1.165) is 77.3 Å². The predicted octanol–water partition coefficient (Wildman–Crippen LogP) is 15.1. The number of nitrogens with zero attached hydrogens (tertiary/aromatic N) is 1. The normalized spacial score (nSPS) is 13.2. The first-order valence-corrected chi connectivity index (χ1v) is 25.6. The lowest BCUT2D eigenvalue weighted by Gasteiger charge is -2.31. The van der Waals surface area contributed by atoms with Crippen LogP contribution in [-0.2, 0) is 19.1 Å². The first-order chi connectivity index (χ1) is 27.9. The molecule has 0 aromatic carbocycles. The summed E-state index contributed by atoms with van der Waals surface area (Å²) in [5.41, 5.74) is 0. The van der Waals surface area contributed by atoms with Crippen LogP contribution in [0.5, 0.6) is 0 Å². The Hall–Kier alpha value is -1.14. The molecule has 0 aliphatic heterocycles. The van der Waals surface area contributed by atoms with E-state index < -0.39 is 0 Å². The summed E-state index contributed by atoms with van der Waals surface area (Å²) in [6, 6.07) is 0.512. The molecule has 0 amide bonds. The maximum Gasteiger partial charge on any atom is 0.305 e. The van der Waals surface area contributed by atoms with Gasteiger partial charge < -0.3 is 19.5 Å². The van der Waals surface area contributed by atoms with Gasteiger partial charge in [0.25, 0.3) is 0 Å². The second-order valence-corrected chi connectivity index (χ2v) is 17.8. The van der Waals surface area contributed by atoms with Crippen molar-refractivity contribution in [1.82, 2.24) is 4.90 Å². The van der Waals surface area contributed by atoms with Crippen molar-refractivity contribution in [1.29, 1.82) is 0 Å². The summed E-state index contributed by atoms with van der Waals surface area (Å²) in [6.45, 7) is 14.8. The van der Waals surface area contributed by atoms with Gasteiger partial charge in [-0.15, -0.1) is 0 Å². The summed E-state index contributed by atoms with van der Waals surface area (Å²) in [5.74, 6) is 1.02. The molecule has 0 aromatic heterocycles. The van der Waals surface area contributed by atoms with Crippen molar-refractivity contribution in [3.63, 3.8) is 0 Å². The number of unbranched alkanes of at least 4 members (excludes halogenated alkanes) is 21. The van der Waals surface area contributed by atoms with Gasteiger partial charge in [-0.25, -0.2) is 0 Å². The van der Waals surface area contributed by atoms with Gasteiger partial charge in [-0.05, 0) is 89.1 Å². The molecule has 0 spiro atoms. The molecule has 0 radical (unpaired) electrons. The van der Waals surface area contributed by atoms with Crippen molar-refractivity contribution in [3.8, 4) is 0 Å². The fraction of sp³-hybridized carbons (Fsp3) is 0.961. The topological polar surface area (TPSA) is 76.1 Å². The number of carbonyl (C=O) groups excluding carboxylic acids is 2. The molecule has 0 bridgehead atoms. The summed E-state index contributed by atoms with van der Waals surface area (Å²) >= 11 is 0. The van der Waals surface area contributed by atoms with Crippen LogP contribution in [0.25, 0.3) is 0 Å². The van der Waals surface area contributed by atoms with Gasteiger partial charge in [0.2, 0.25) is 0 Å². The van der Waals surface area contributed by atoms with Gasteiger partial charge in [-0.2, -0.15) is 0 Å². The number of aliphatic hydroxyl groups excluding tert-OH is 1. The van der Waals surface area contributed by atoms with Gasteiger partial charge >= 0.3 is 11.9 Å². The summed E-state index contributed by atoms with van der Waals surface area (Å²) in [5, 5.41) is 9.39. The Morgan fingerprint density at radius 3 is 1.12 bits per heavy atom. The van der Waals surface area contributed by atoms with Gasteiger partial charge in [0.15, 0.2) is 0 Å². The molecule has 340 valence electrons. The lowest BCUT2D eigenvalue weighted by Crippen LogP contribution is -2.36. The van der Waals surface area contributed by atoms with Crippen molar-refractivity contribution in [2.24, 2.45) is 11.8 Å². The molecule has 0 aromatic rings. The minimum absolute atomic E-state index is 0.00827. The maximum atomic E-state index is 12.8. The van der Waals surface area contributed by atoms with Crippen LogP contribution in [0.15, 0.2) is 0 Å². The zero-order valence-electron chi connectivity index (χ0n) is 39.3. The number of esters is 2. The van der Waals surface area contributed by atoms with Crippen LogP contribution >= 0.6 is 0 Å². The minimum atomic E-state index is -0.00827. The first kappa shape index (κ1) is 55.9. The average Bonchev–Trinajstić information content (AvgIpc) is 3.21. The largest absolute Gasteiger partial charge is 0.465 e. The molecule has 0 fully saturated rings. The van der Waals surface area contributed by atoms with Gasteiger partial charge in [0, 0.05) is 25.5 Å². The lowest BCUT2D eigenvalue weighted by molar-refractivity contribution is -0.146. The van der Waals surface area contributed by atoms with Gasteiger partial charge in [0.1, 0.15) is 0 Å². The molecule has 0 aliphatic rings. The zero-order chi connectivity index (χ0) is 41.9. The van der Waals surface area contributed by atoms with E-state index in [1.165, 1.54) is 154 Å². The SMILES string of the molecule is CCCCCCCCC(CCCCCC)COC(=O)CCCCCC(CCCCCC(=O)OCC(CCCCCC)CCCCCCCC)N(CC)CCCCO. The van der Waals surface area contributed by atoms with Crippen LogP contribution in [0.1, 0.15) is 266 Å². The van der Waals surface area contributed by atoms with E-state index in [9.17, 15) is 14.7 Å². The Morgan fingerprint density at radius 2 is 0.754 bits per heavy atom. The van der Waals surface area contributed by atoms with E-state index in [0.29, 0.717) is 43.9 Å². The van der Waals surface area contributed by atoms with Crippen molar-refractivity contribution >= 4 is 11.9 Å². The van der Waals surface area contributed by atoms with Gasteiger partial charge in [-0.1, -0.05) is 189 Å². The molecule has 0 aliphatic carbocycles. The van der Waals surface area contributed by atoms with E-state index in [1.54, 1.807) is 0 Å². The molecule has 1 N–H and O–H groups in total. The summed E-state index contributed by atoms with van der Waals surface area (Å²) < 4.78 is 11.7. The van der Waals surface area contributed by atoms with E-state index in [1.807, 2.05) is 0 Å². The van der Waals surface area contributed by atoms with Crippen molar-refractivity contribution in [2.75, 3.05) is 32.9 Å². The highest BCUT2D eigenvalue weighted by molar-refractivity contribution is 5.69. The number of carbonyl (C=O) groups is 2. The van der Waals surface area contributed by atoms with E-state index >= 15 is 0 Å². The number of aliphatic hydroxyl groups is 1. The Kier molecular flexibility index (Phi) is 43.5. The number of rotatable bonds is 46. The lowest BCUT2D eigenvalue weighted by atomic mass is 9.95. The molecule has 6 heteroatoms. The van der Waals surface area contributed by atoms with Crippen molar-refractivity contribution < 1.29 is 24.2 Å². The van der Waals surface area contributed by atoms with E-state index in [2.05, 4.69) is 39.5 Å². The van der Waals surface area contributed by atoms with E-state index in [4.69, 9.17) is 9.47 Å². The third kappa shape index (κ3) is 37.6. The fourth-order valence-corrected chi connectivity index (χ4v) is 8.52. The molecular weight excluding hydrogens is 707 g/mol. The van der Waals surface area contributed by atoms with Gasteiger partial charge in [-0.3, -0.25) is 9.59 Å². The van der Waals surface area contributed by atoms with Crippen LogP contribution in [-0.4, -0.2) is 60.9 Å². The van der Waals surface area contributed by atoms with Crippen LogP contribution in [0.3, 0.4) is 0 Å². The van der Waals surface area contributed by atoms with Gasteiger partial charge in [0.05, 0.1) is 13.2 Å². The second kappa shape index (κ2) is 44.4. The van der Waals surface area contributed by atoms with E-state index in [-0.39, 0.29) is 18.5 Å². The monoisotopic (exact) mass is 808 g/mol. The number of hydrogen-bond acceptors (Lipinski definition) is 6. The first-order valence-electron chi connectivity index (χ1n) is 25.6. The molecule has 0 saturated heterocycles. The number of hydrogen-bond donors (Lipinski definition) is 1. The highest BCUT2D eigenvalue weighted by Gasteiger charge is 2.18. The third-order valence-electron chi connectivity index (χ3n) is 12.4. The smallest absolute Gasteiger partial charge is 0.305 e. The minimum Gasteiger partial charge on any atom is -0.465 e. The molecule has 2 unspecified atom stereocenters. The summed E-state index contributed by atoms with van der Waals surface area (Å²) in [4.78, 5) is 28.1. The summed E-state index contributed by atoms with van der Waals surface area (Å²) in [7, 11) is 0. The zero-order valence-corrected chi connectivity index (χ0v) is 39.3. The molecule has 0 saturated carbocycles. The second-order valence-electron chi connectivity index (χ2n) is 17.8. The average molecular weight is 808 g/mol. The Balaban J connectivity index is 4.68. The highest BCUT2D eigenvalue weighted by Crippen LogP contribution is 2.23. The standard InChI is InChI=1S/C51H101NO5/c1-6-11-15-19-21-27-37-47(35-25-17-13-8-3)45-56-50(54)41-31-23-29-39-49(52(10-5)43-33-34-44-53)40-30-24-32-42-51(55)57-46-48(36-26-18-14-9-4)38-28-22-20-16-12-7-2/h47-49,53H,6-46H2,1-5H3. The summed E-state index contributed by atoms with van der Waals surface area (Å²) in [6.07, 6.45) is 42.2. The van der Waals surface area contributed by atoms with Crippen LogP contribution in [0.4, 0.5) is 0 Å². The molecule has 0 heterocycles. The maximum absolute atomic E-state index is 12.8. The Bertz CT molecular complexity index is 778. The quantitative estimate of drug-likeness (QED) is 0.0488. The Labute approximate surface area is 356 Å². The molecule has 6 nitrogen and oxygen atoms in total. The fourth-order valence-electron chi connectivity index (χ4n) is 8.52. The van der Waals surface area contributed by atoms with Crippen LogP contribution in [0.2, 0.25) is 0 Å². The molecular formula is C51H101NO5. The highest BCUT2D eigenvalue weighted by atomic mass is 16.5. The van der Waals surface area contributed by atoms with Crippen LogP contribution in [0, 0.1) is 11.8 Å². The number of ether oxygens (including phenoxy) is 2.